The summed E-state index contributed by atoms with van der Waals surface area (Å²) in [4.78, 5) is 17.5. The van der Waals surface area contributed by atoms with Gasteiger partial charge in [-0.3, -0.25) is 4.84 Å². The number of hydrogen-bond donors (Lipinski definition) is 1. The molecule has 0 aliphatic rings. The molecule has 0 radical (unpaired) electrons. The van der Waals surface area contributed by atoms with Crippen LogP contribution in [-0.4, -0.2) is 44.0 Å². The first-order chi connectivity index (χ1) is 14.9. The van der Waals surface area contributed by atoms with Gasteiger partial charge in [-0.1, -0.05) is 25.0 Å². The summed E-state index contributed by atoms with van der Waals surface area (Å²) in [7, 11) is 1.55. The second-order valence-electron chi connectivity index (χ2n) is 6.80. The van der Waals surface area contributed by atoms with Gasteiger partial charge in [-0.2, -0.15) is 19.9 Å². The summed E-state index contributed by atoms with van der Waals surface area (Å²) >= 11 is 0. The van der Waals surface area contributed by atoms with Crippen molar-refractivity contribution in [3.63, 3.8) is 0 Å². The minimum atomic E-state index is -0.329. The van der Waals surface area contributed by atoms with Crippen molar-refractivity contribution in [3.05, 3.63) is 39.8 Å². The monoisotopic (exact) mass is 427 g/mol. The van der Waals surface area contributed by atoms with Gasteiger partial charge < -0.3 is 4.74 Å². The molecule has 10 nitrogen and oxygen atoms in total. The van der Waals surface area contributed by atoms with Crippen LogP contribution >= 0.6 is 0 Å². The predicted octanol–water partition coefficient (Wildman–Crippen LogP) is 1.91. The summed E-state index contributed by atoms with van der Waals surface area (Å²) in [6.07, 6.45) is 0.563. The Kier molecular flexibility index (Phi) is 9.12. The topological polar surface area (TPSA) is 108 Å². The van der Waals surface area contributed by atoms with Crippen LogP contribution < -0.4 is 11.2 Å². The quantitative estimate of drug-likeness (QED) is 0.215. The van der Waals surface area contributed by atoms with E-state index in [1.165, 1.54) is 9.36 Å². The molecule has 0 bridgehead atoms. The van der Waals surface area contributed by atoms with E-state index in [4.69, 9.17) is 9.57 Å². The Hall–Kier alpha value is -3.29. The molecule has 0 amide bonds. The third-order valence-electron chi connectivity index (χ3n) is 4.55. The van der Waals surface area contributed by atoms with Gasteiger partial charge in [-0.15, -0.1) is 11.0 Å². The minimum Gasteiger partial charge on any atom is -0.475 e. The molecular formula is C21H29N7O3. The standard InChI is InChI=1S/C21H29N7O3/c1-7-9-13-31-24-17(5)16(4)22-23-20(8-2)30-14-18-15(3)11-10-12-19(18)28-21(29)27(6)25-26-28/h10-12,17,24H,8,13-14H2,1-6H3/b22-16+,23-20-. The molecule has 1 atom stereocenters. The number of ether oxygens (including phenoxy) is 1. The van der Waals surface area contributed by atoms with Crippen molar-refractivity contribution in [1.29, 1.82) is 0 Å². The smallest absolute Gasteiger partial charge is 0.368 e. The Bertz CT molecular complexity index is 1060. The average molecular weight is 428 g/mol. The molecule has 0 saturated carbocycles. The highest BCUT2D eigenvalue weighted by molar-refractivity contribution is 5.87. The number of nitrogens with zero attached hydrogens (tertiary/aromatic N) is 6. The molecule has 0 spiro atoms. The number of nitrogens with one attached hydrogen (secondary N) is 1. The maximum atomic E-state index is 12.3. The molecule has 2 rings (SSSR count). The van der Waals surface area contributed by atoms with E-state index in [9.17, 15) is 4.79 Å². The fraction of sp³-hybridized carbons (Fsp3) is 0.476. The summed E-state index contributed by atoms with van der Waals surface area (Å²) in [5, 5.41) is 16.2. The third-order valence-corrected chi connectivity index (χ3v) is 4.55. The first-order valence-corrected chi connectivity index (χ1v) is 9.97. The first-order valence-electron chi connectivity index (χ1n) is 9.97. The van der Waals surface area contributed by atoms with Crippen molar-refractivity contribution < 1.29 is 9.57 Å². The number of hydroxylamine groups is 1. The molecular weight excluding hydrogens is 398 g/mol. The highest BCUT2D eigenvalue weighted by atomic mass is 16.6. The summed E-state index contributed by atoms with van der Waals surface area (Å²) in [5.74, 6) is 6.04. The molecule has 0 fully saturated rings. The number of benzene rings is 1. The van der Waals surface area contributed by atoms with Crippen molar-refractivity contribution in [1.82, 2.24) is 25.3 Å². The van der Waals surface area contributed by atoms with Crippen LogP contribution in [0.4, 0.5) is 0 Å². The van der Waals surface area contributed by atoms with Crippen molar-refractivity contribution in [2.45, 2.75) is 53.7 Å². The van der Waals surface area contributed by atoms with Crippen LogP contribution in [0.25, 0.3) is 5.69 Å². The summed E-state index contributed by atoms with van der Waals surface area (Å²) in [6, 6.07) is 5.49. The molecule has 2 aromatic rings. The molecule has 166 valence electrons. The normalized spacial score (nSPS) is 13.0. The number of rotatable bonds is 9. The predicted molar refractivity (Wildman–Crippen MR) is 119 cm³/mol. The zero-order valence-electron chi connectivity index (χ0n) is 18.8. The molecule has 1 aromatic heterocycles. The van der Waals surface area contributed by atoms with Crippen molar-refractivity contribution in [2.24, 2.45) is 17.3 Å². The van der Waals surface area contributed by atoms with Crippen LogP contribution in [0.1, 0.15) is 45.2 Å². The van der Waals surface area contributed by atoms with Gasteiger partial charge in [0, 0.05) is 19.0 Å². The van der Waals surface area contributed by atoms with Crippen LogP contribution in [0.15, 0.2) is 33.2 Å². The van der Waals surface area contributed by atoms with Crippen LogP contribution in [0.2, 0.25) is 0 Å². The number of hydrogen-bond acceptors (Lipinski definition) is 8. The van der Waals surface area contributed by atoms with Crippen LogP contribution in [0.5, 0.6) is 0 Å². The van der Waals surface area contributed by atoms with E-state index in [1.807, 2.05) is 45.9 Å². The van der Waals surface area contributed by atoms with E-state index in [-0.39, 0.29) is 18.3 Å². The average Bonchev–Trinajstić information content (AvgIpc) is 3.09. The Balaban J connectivity index is 2.13. The molecule has 1 N–H and O–H groups in total. The van der Waals surface area contributed by atoms with Crippen molar-refractivity contribution in [2.75, 3.05) is 6.61 Å². The first kappa shape index (κ1) is 24.0. The van der Waals surface area contributed by atoms with E-state index in [2.05, 4.69) is 38.0 Å². The Labute approximate surface area is 181 Å². The van der Waals surface area contributed by atoms with Crippen molar-refractivity contribution >= 4 is 11.6 Å². The molecule has 0 aliphatic heterocycles. The van der Waals surface area contributed by atoms with Gasteiger partial charge in [0.25, 0.3) is 0 Å². The van der Waals surface area contributed by atoms with Crippen LogP contribution in [0, 0.1) is 18.8 Å². The summed E-state index contributed by atoms with van der Waals surface area (Å²) < 4.78 is 8.35. The second-order valence-corrected chi connectivity index (χ2v) is 6.80. The van der Waals surface area contributed by atoms with Crippen molar-refractivity contribution in [3.8, 4) is 17.5 Å². The molecule has 0 aliphatic carbocycles. The fourth-order valence-corrected chi connectivity index (χ4v) is 2.48. The lowest BCUT2D eigenvalue weighted by Gasteiger charge is -2.13. The molecule has 31 heavy (non-hydrogen) atoms. The van der Waals surface area contributed by atoms with Crippen LogP contribution in [-0.2, 0) is 23.2 Å². The van der Waals surface area contributed by atoms with Gasteiger partial charge in [0.05, 0.1) is 17.4 Å². The van der Waals surface area contributed by atoms with Gasteiger partial charge >= 0.3 is 5.69 Å². The highest BCUT2D eigenvalue weighted by Crippen LogP contribution is 2.18. The summed E-state index contributed by atoms with van der Waals surface area (Å²) in [5.41, 5.74) is 5.69. The van der Waals surface area contributed by atoms with E-state index in [0.717, 1.165) is 16.8 Å². The molecule has 1 unspecified atom stereocenters. The van der Waals surface area contributed by atoms with E-state index >= 15 is 0 Å². The maximum absolute atomic E-state index is 12.3. The van der Waals surface area contributed by atoms with E-state index in [1.54, 1.807) is 14.0 Å². The largest absolute Gasteiger partial charge is 0.475 e. The Morgan fingerprint density at radius 3 is 2.74 bits per heavy atom. The fourth-order valence-electron chi connectivity index (χ4n) is 2.48. The zero-order valence-corrected chi connectivity index (χ0v) is 18.8. The van der Waals surface area contributed by atoms with E-state index < -0.39 is 0 Å². The van der Waals surface area contributed by atoms with Gasteiger partial charge in [-0.05, 0) is 49.8 Å². The number of tetrazole rings is 1. The minimum absolute atomic E-state index is 0.132. The lowest BCUT2D eigenvalue weighted by molar-refractivity contribution is 0.0578. The lowest BCUT2D eigenvalue weighted by Crippen LogP contribution is -2.32. The lowest BCUT2D eigenvalue weighted by atomic mass is 10.1. The number of aryl methyl sites for hydroxylation is 2. The SMILES string of the molecule is CC#CCONC(C)/C(C)=N/N=C(/CC)OCc1c(C)cccc1-n1nnn(C)c1=O. The van der Waals surface area contributed by atoms with E-state index in [0.29, 0.717) is 24.6 Å². The Morgan fingerprint density at radius 2 is 2.10 bits per heavy atom. The number of aromatic nitrogens is 4. The van der Waals surface area contributed by atoms with Gasteiger partial charge in [-0.25, -0.2) is 4.79 Å². The molecule has 1 aromatic carbocycles. The third kappa shape index (κ3) is 6.60. The second kappa shape index (κ2) is 11.8. The maximum Gasteiger partial charge on any atom is 0.368 e. The van der Waals surface area contributed by atoms with Gasteiger partial charge in [0.15, 0.2) is 0 Å². The van der Waals surface area contributed by atoms with Crippen LogP contribution in [0.3, 0.4) is 0 Å². The zero-order chi connectivity index (χ0) is 22.8. The highest BCUT2D eigenvalue weighted by Gasteiger charge is 2.14. The molecule has 10 heteroatoms. The summed E-state index contributed by atoms with van der Waals surface area (Å²) in [6.45, 7) is 9.93. The molecule has 1 heterocycles. The van der Waals surface area contributed by atoms with Gasteiger partial charge in [0.1, 0.15) is 13.2 Å². The Morgan fingerprint density at radius 1 is 1.32 bits per heavy atom. The van der Waals surface area contributed by atoms with Gasteiger partial charge in [0.2, 0.25) is 5.90 Å². The molecule has 0 saturated heterocycles.